The van der Waals surface area contributed by atoms with Crippen LogP contribution in [0, 0.1) is 0 Å². The van der Waals surface area contributed by atoms with Gasteiger partial charge in [0.15, 0.2) is 6.61 Å². The van der Waals surface area contributed by atoms with E-state index in [-0.39, 0.29) is 24.7 Å². The van der Waals surface area contributed by atoms with Crippen molar-refractivity contribution in [3.05, 3.63) is 24.3 Å². The number of benzene rings is 1. The molecule has 0 unspecified atom stereocenters. The first kappa shape index (κ1) is 17.0. The highest BCUT2D eigenvalue weighted by atomic mass is 16.6. The number of methoxy groups -OCH3 is 1. The van der Waals surface area contributed by atoms with Gasteiger partial charge in [-0.2, -0.15) is 0 Å². The van der Waals surface area contributed by atoms with Crippen LogP contribution in [0.1, 0.15) is 20.8 Å². The summed E-state index contributed by atoms with van der Waals surface area (Å²) in [5.41, 5.74) is 0.269. The van der Waals surface area contributed by atoms with E-state index in [9.17, 15) is 9.59 Å². The Bertz CT molecular complexity index is 476. The molecule has 0 aliphatic heterocycles. The summed E-state index contributed by atoms with van der Waals surface area (Å²) in [4.78, 5) is 22.6. The van der Waals surface area contributed by atoms with Crippen molar-refractivity contribution in [3.63, 3.8) is 0 Å². The zero-order chi connectivity index (χ0) is 15.9. The third kappa shape index (κ3) is 7.31. The largest absolute Gasteiger partial charge is 0.482 e. The fraction of sp³-hybridized carbons (Fsp3) is 0.467. The molecule has 1 aromatic rings. The molecule has 0 bridgehead atoms. The van der Waals surface area contributed by atoms with Crippen LogP contribution in [0.15, 0.2) is 24.3 Å². The number of anilines is 1. The molecule has 0 heterocycles. The van der Waals surface area contributed by atoms with E-state index in [1.807, 2.05) is 20.8 Å². The third-order valence-corrected chi connectivity index (χ3v) is 2.36. The van der Waals surface area contributed by atoms with Gasteiger partial charge < -0.3 is 19.5 Å². The summed E-state index contributed by atoms with van der Waals surface area (Å²) in [7, 11) is 1.30. The van der Waals surface area contributed by atoms with Gasteiger partial charge in [-0.05, 0) is 45.0 Å². The van der Waals surface area contributed by atoms with E-state index in [4.69, 9.17) is 9.47 Å². The lowest BCUT2D eigenvalue weighted by Crippen LogP contribution is -2.27. The maximum Gasteiger partial charge on any atom is 0.343 e. The molecule has 0 atom stereocenters. The Kier molecular flexibility index (Phi) is 6.17. The fourth-order valence-corrected chi connectivity index (χ4v) is 1.31. The van der Waals surface area contributed by atoms with Crippen LogP contribution in [0.2, 0.25) is 0 Å². The number of ether oxygens (including phenoxy) is 3. The second kappa shape index (κ2) is 7.64. The summed E-state index contributed by atoms with van der Waals surface area (Å²) in [5, 5.41) is 2.71. The second-order valence-electron chi connectivity index (χ2n) is 5.34. The maximum atomic E-state index is 11.7. The van der Waals surface area contributed by atoms with E-state index in [2.05, 4.69) is 10.1 Å². The first-order chi connectivity index (χ1) is 9.80. The Morgan fingerprint density at radius 3 is 2.24 bits per heavy atom. The lowest BCUT2D eigenvalue weighted by molar-refractivity contribution is -0.142. The van der Waals surface area contributed by atoms with Gasteiger partial charge in [0.05, 0.1) is 12.7 Å². The molecule has 6 nitrogen and oxygen atoms in total. The van der Waals surface area contributed by atoms with E-state index < -0.39 is 5.97 Å². The van der Waals surface area contributed by atoms with E-state index in [0.29, 0.717) is 11.4 Å². The first-order valence-corrected chi connectivity index (χ1v) is 6.53. The van der Waals surface area contributed by atoms with Crippen LogP contribution in [0.5, 0.6) is 5.75 Å². The molecule has 21 heavy (non-hydrogen) atoms. The SMILES string of the molecule is COC(=O)COc1ccc(NC(=O)COC(C)(C)C)cc1. The van der Waals surface area contributed by atoms with Crippen molar-refractivity contribution in [3.8, 4) is 5.75 Å². The van der Waals surface area contributed by atoms with Gasteiger partial charge in [-0.15, -0.1) is 0 Å². The van der Waals surface area contributed by atoms with Gasteiger partial charge in [0.1, 0.15) is 12.4 Å². The Morgan fingerprint density at radius 2 is 1.71 bits per heavy atom. The topological polar surface area (TPSA) is 73.9 Å². The number of amides is 1. The van der Waals surface area contributed by atoms with Crippen LogP contribution in [-0.4, -0.2) is 37.8 Å². The van der Waals surface area contributed by atoms with Gasteiger partial charge in [0.2, 0.25) is 5.91 Å². The summed E-state index contributed by atoms with van der Waals surface area (Å²) < 4.78 is 15.0. The van der Waals surface area contributed by atoms with Crippen LogP contribution < -0.4 is 10.1 Å². The Labute approximate surface area is 124 Å². The zero-order valence-corrected chi connectivity index (χ0v) is 12.8. The standard InChI is InChI=1S/C15H21NO5/c1-15(2,3)21-9-13(17)16-11-5-7-12(8-6-11)20-10-14(18)19-4/h5-8H,9-10H2,1-4H3,(H,16,17). The van der Waals surface area contributed by atoms with Crippen molar-refractivity contribution in [1.82, 2.24) is 0 Å². The van der Waals surface area contributed by atoms with E-state index in [1.54, 1.807) is 24.3 Å². The number of esters is 1. The van der Waals surface area contributed by atoms with Crippen LogP contribution >= 0.6 is 0 Å². The molecule has 0 fully saturated rings. The van der Waals surface area contributed by atoms with Gasteiger partial charge in [-0.3, -0.25) is 4.79 Å². The molecule has 1 amide bonds. The smallest absolute Gasteiger partial charge is 0.343 e. The lowest BCUT2D eigenvalue weighted by atomic mass is 10.2. The van der Waals surface area contributed by atoms with Gasteiger partial charge in [-0.25, -0.2) is 4.79 Å². The van der Waals surface area contributed by atoms with Gasteiger partial charge >= 0.3 is 5.97 Å². The third-order valence-electron chi connectivity index (χ3n) is 2.36. The summed E-state index contributed by atoms with van der Waals surface area (Å²) in [6.45, 7) is 5.49. The van der Waals surface area contributed by atoms with Crippen molar-refractivity contribution in [2.45, 2.75) is 26.4 Å². The molecule has 6 heteroatoms. The average molecular weight is 295 g/mol. The quantitative estimate of drug-likeness (QED) is 0.812. The minimum Gasteiger partial charge on any atom is -0.482 e. The van der Waals surface area contributed by atoms with Crippen molar-refractivity contribution in [2.24, 2.45) is 0 Å². The highest BCUT2D eigenvalue weighted by Crippen LogP contribution is 2.16. The number of carbonyl (C=O) groups is 2. The molecule has 1 N–H and O–H groups in total. The maximum absolute atomic E-state index is 11.7. The zero-order valence-electron chi connectivity index (χ0n) is 12.8. The molecule has 0 radical (unpaired) electrons. The van der Waals surface area contributed by atoms with Crippen molar-refractivity contribution < 1.29 is 23.8 Å². The lowest BCUT2D eigenvalue weighted by Gasteiger charge is -2.19. The molecule has 116 valence electrons. The molecule has 0 aliphatic rings. The Morgan fingerprint density at radius 1 is 1.10 bits per heavy atom. The van der Waals surface area contributed by atoms with Gasteiger partial charge in [0.25, 0.3) is 0 Å². The van der Waals surface area contributed by atoms with E-state index >= 15 is 0 Å². The minimum atomic E-state index is -0.452. The first-order valence-electron chi connectivity index (χ1n) is 6.53. The highest BCUT2D eigenvalue weighted by molar-refractivity contribution is 5.91. The minimum absolute atomic E-state index is 0.00983. The fourth-order valence-electron chi connectivity index (χ4n) is 1.31. The van der Waals surface area contributed by atoms with Crippen LogP contribution in [0.3, 0.4) is 0 Å². The monoisotopic (exact) mass is 295 g/mol. The number of hydrogen-bond acceptors (Lipinski definition) is 5. The molecular weight excluding hydrogens is 274 g/mol. The van der Waals surface area contributed by atoms with Crippen LogP contribution in [-0.2, 0) is 19.1 Å². The predicted molar refractivity (Wildman–Crippen MR) is 78.3 cm³/mol. The molecule has 0 spiro atoms. The highest BCUT2D eigenvalue weighted by Gasteiger charge is 2.13. The van der Waals surface area contributed by atoms with Crippen molar-refractivity contribution in [2.75, 3.05) is 25.6 Å². The Hall–Kier alpha value is -2.08. The van der Waals surface area contributed by atoms with Gasteiger partial charge in [0, 0.05) is 5.69 Å². The predicted octanol–water partition coefficient (Wildman–Crippen LogP) is 1.99. The molecule has 0 saturated heterocycles. The van der Waals surface area contributed by atoms with Crippen LogP contribution in [0.25, 0.3) is 0 Å². The average Bonchev–Trinajstić information content (AvgIpc) is 2.43. The summed E-state index contributed by atoms with van der Waals surface area (Å²) in [6.07, 6.45) is 0. The number of hydrogen-bond donors (Lipinski definition) is 1. The van der Waals surface area contributed by atoms with E-state index in [1.165, 1.54) is 7.11 Å². The molecule has 0 aliphatic carbocycles. The van der Waals surface area contributed by atoms with Crippen LogP contribution in [0.4, 0.5) is 5.69 Å². The molecule has 1 rings (SSSR count). The normalized spacial score (nSPS) is 10.9. The Balaban J connectivity index is 2.43. The molecular formula is C15H21NO5. The number of rotatable bonds is 6. The summed E-state index contributed by atoms with van der Waals surface area (Å²) in [6, 6.07) is 6.68. The van der Waals surface area contributed by atoms with Crippen molar-refractivity contribution >= 4 is 17.6 Å². The van der Waals surface area contributed by atoms with Crippen molar-refractivity contribution in [1.29, 1.82) is 0 Å². The molecule has 1 aromatic carbocycles. The molecule has 0 saturated carbocycles. The number of carbonyl (C=O) groups excluding carboxylic acids is 2. The summed E-state index contributed by atoms with van der Waals surface area (Å²) >= 11 is 0. The van der Waals surface area contributed by atoms with E-state index in [0.717, 1.165) is 0 Å². The molecule has 0 aromatic heterocycles. The van der Waals surface area contributed by atoms with Gasteiger partial charge in [-0.1, -0.05) is 0 Å². The second-order valence-corrected chi connectivity index (χ2v) is 5.34. The summed E-state index contributed by atoms with van der Waals surface area (Å²) in [5.74, 6) is -0.163. The number of nitrogens with one attached hydrogen (secondary N) is 1.